The van der Waals surface area contributed by atoms with Gasteiger partial charge in [-0.2, -0.15) is 0 Å². The Morgan fingerprint density at radius 3 is 2.50 bits per heavy atom. The number of nitrogens with zero attached hydrogens (tertiary/aromatic N) is 1. The molecule has 0 aliphatic carbocycles. The lowest BCUT2D eigenvalue weighted by molar-refractivity contribution is -0.154. The Morgan fingerprint density at radius 2 is 1.88 bits per heavy atom. The van der Waals surface area contributed by atoms with Gasteiger partial charge >= 0.3 is 5.97 Å². The van der Waals surface area contributed by atoms with E-state index in [1.54, 1.807) is 18.2 Å². The number of amides is 2. The van der Waals surface area contributed by atoms with E-state index in [0.717, 1.165) is 12.8 Å². The van der Waals surface area contributed by atoms with Gasteiger partial charge in [0.15, 0.2) is 6.61 Å². The van der Waals surface area contributed by atoms with Crippen LogP contribution in [0.3, 0.4) is 0 Å². The molecular weight excluding hydrogens is 355 g/mol. The highest BCUT2D eigenvalue weighted by atomic mass is 35.5. The summed E-state index contributed by atoms with van der Waals surface area (Å²) in [6.45, 7) is -0.00891. The van der Waals surface area contributed by atoms with E-state index in [1.807, 2.05) is 0 Å². The van der Waals surface area contributed by atoms with Crippen LogP contribution in [0.1, 0.15) is 24.8 Å². The van der Waals surface area contributed by atoms with Crippen LogP contribution in [0.5, 0.6) is 0 Å². The van der Waals surface area contributed by atoms with Crippen molar-refractivity contribution in [3.63, 3.8) is 0 Å². The number of likely N-dealkylation sites (tertiary alicyclic amines) is 1. The number of hydrogen-bond acceptors (Lipinski definition) is 4. The molecular formula is C16H18Cl2N2O4. The minimum absolute atomic E-state index is 0.134. The minimum atomic E-state index is -0.636. The Morgan fingerprint density at radius 1 is 1.21 bits per heavy atom. The molecule has 8 heteroatoms. The molecule has 1 aromatic rings. The molecule has 2 amide bonds. The summed E-state index contributed by atoms with van der Waals surface area (Å²) in [6.07, 6.45) is 2.02. The van der Waals surface area contributed by atoms with E-state index in [2.05, 4.69) is 0 Å². The van der Waals surface area contributed by atoms with E-state index < -0.39 is 30.4 Å². The molecule has 1 heterocycles. The molecule has 1 fully saturated rings. The van der Waals surface area contributed by atoms with Crippen molar-refractivity contribution in [3.8, 4) is 0 Å². The smallest absolute Gasteiger partial charge is 0.310 e. The third kappa shape index (κ3) is 4.61. The SMILES string of the molecule is NC(=O)[C@@H]1CCCCN1C(=O)COC(=O)Cc1c(Cl)cccc1Cl. The van der Waals surface area contributed by atoms with E-state index in [1.165, 1.54) is 4.90 Å². The van der Waals surface area contributed by atoms with E-state index in [-0.39, 0.29) is 6.42 Å². The highest BCUT2D eigenvalue weighted by Crippen LogP contribution is 2.25. The van der Waals surface area contributed by atoms with Crippen molar-refractivity contribution in [2.24, 2.45) is 5.73 Å². The van der Waals surface area contributed by atoms with Gasteiger partial charge in [0.1, 0.15) is 6.04 Å². The fourth-order valence-electron chi connectivity index (χ4n) is 2.65. The zero-order chi connectivity index (χ0) is 17.7. The summed E-state index contributed by atoms with van der Waals surface area (Å²) in [5.41, 5.74) is 5.77. The number of primary amides is 1. The van der Waals surface area contributed by atoms with Gasteiger partial charge in [0.05, 0.1) is 6.42 Å². The van der Waals surface area contributed by atoms with Gasteiger partial charge in [-0.3, -0.25) is 14.4 Å². The summed E-state index contributed by atoms with van der Waals surface area (Å²) < 4.78 is 5.00. The van der Waals surface area contributed by atoms with Crippen molar-refractivity contribution >= 4 is 41.0 Å². The van der Waals surface area contributed by atoms with Gasteiger partial charge in [0.2, 0.25) is 5.91 Å². The predicted molar refractivity (Wildman–Crippen MR) is 89.7 cm³/mol. The van der Waals surface area contributed by atoms with Crippen molar-refractivity contribution in [3.05, 3.63) is 33.8 Å². The molecule has 0 saturated carbocycles. The first-order valence-electron chi connectivity index (χ1n) is 7.57. The maximum atomic E-state index is 12.2. The van der Waals surface area contributed by atoms with Crippen LogP contribution in [0.15, 0.2) is 18.2 Å². The van der Waals surface area contributed by atoms with Gasteiger partial charge < -0.3 is 15.4 Å². The first-order chi connectivity index (χ1) is 11.4. The zero-order valence-electron chi connectivity index (χ0n) is 13.0. The summed E-state index contributed by atoms with van der Waals surface area (Å²) in [5.74, 6) is -1.60. The fourth-order valence-corrected chi connectivity index (χ4v) is 3.18. The van der Waals surface area contributed by atoms with Gasteiger partial charge in [-0.1, -0.05) is 29.3 Å². The van der Waals surface area contributed by atoms with Crippen LogP contribution in [0.2, 0.25) is 10.0 Å². The molecule has 6 nitrogen and oxygen atoms in total. The first-order valence-corrected chi connectivity index (χ1v) is 8.33. The van der Waals surface area contributed by atoms with Crippen molar-refractivity contribution in [2.45, 2.75) is 31.7 Å². The van der Waals surface area contributed by atoms with Crippen LogP contribution in [-0.4, -0.2) is 41.9 Å². The van der Waals surface area contributed by atoms with Gasteiger partial charge in [-0.15, -0.1) is 0 Å². The molecule has 0 unspecified atom stereocenters. The molecule has 1 atom stereocenters. The standard InChI is InChI=1S/C16H18Cl2N2O4/c17-11-4-3-5-12(18)10(11)8-15(22)24-9-14(21)20-7-2-1-6-13(20)16(19)23/h3-5,13H,1-2,6-9H2,(H2,19,23)/t13-/m0/s1. The monoisotopic (exact) mass is 372 g/mol. The molecule has 0 aromatic heterocycles. The zero-order valence-corrected chi connectivity index (χ0v) is 14.5. The third-order valence-electron chi connectivity index (χ3n) is 3.89. The normalized spacial score (nSPS) is 17.4. The van der Waals surface area contributed by atoms with E-state index in [4.69, 9.17) is 33.7 Å². The molecule has 24 heavy (non-hydrogen) atoms. The molecule has 0 spiro atoms. The number of rotatable bonds is 5. The Bertz CT molecular complexity index is 631. The second kappa shape index (κ2) is 8.35. The maximum Gasteiger partial charge on any atom is 0.310 e. The highest BCUT2D eigenvalue weighted by Gasteiger charge is 2.31. The molecule has 0 bridgehead atoms. The van der Waals surface area contributed by atoms with Gasteiger partial charge in [0.25, 0.3) is 5.91 Å². The Hall–Kier alpha value is -1.79. The second-order valence-corrected chi connectivity index (χ2v) is 6.35. The predicted octanol–water partition coefficient (Wildman–Crippen LogP) is 1.95. The number of nitrogens with two attached hydrogens (primary N) is 1. The van der Waals surface area contributed by atoms with Gasteiger partial charge in [-0.05, 0) is 31.4 Å². The number of benzene rings is 1. The van der Waals surface area contributed by atoms with E-state index >= 15 is 0 Å². The summed E-state index contributed by atoms with van der Waals surface area (Å²) in [4.78, 5) is 36.9. The highest BCUT2D eigenvalue weighted by molar-refractivity contribution is 6.36. The number of carbonyl (C=O) groups excluding carboxylic acids is 3. The lowest BCUT2D eigenvalue weighted by Crippen LogP contribution is -2.51. The summed E-state index contributed by atoms with van der Waals surface area (Å²) >= 11 is 12.0. The lowest BCUT2D eigenvalue weighted by atomic mass is 10.0. The fraction of sp³-hybridized carbons (Fsp3) is 0.438. The van der Waals surface area contributed by atoms with Crippen LogP contribution < -0.4 is 5.73 Å². The molecule has 2 rings (SSSR count). The average molecular weight is 373 g/mol. The lowest BCUT2D eigenvalue weighted by Gasteiger charge is -2.33. The molecule has 1 aromatic carbocycles. The van der Waals surface area contributed by atoms with Crippen LogP contribution in [0.25, 0.3) is 0 Å². The molecule has 0 radical (unpaired) electrons. The van der Waals surface area contributed by atoms with E-state index in [0.29, 0.717) is 28.6 Å². The van der Waals surface area contributed by atoms with Crippen molar-refractivity contribution in [1.82, 2.24) is 4.90 Å². The minimum Gasteiger partial charge on any atom is -0.455 e. The number of esters is 1. The van der Waals surface area contributed by atoms with Crippen LogP contribution in [0, 0.1) is 0 Å². The number of halogens is 2. The van der Waals surface area contributed by atoms with Crippen molar-refractivity contribution < 1.29 is 19.1 Å². The molecule has 130 valence electrons. The molecule has 1 aliphatic rings. The maximum absolute atomic E-state index is 12.2. The second-order valence-electron chi connectivity index (χ2n) is 5.54. The van der Waals surface area contributed by atoms with Gasteiger partial charge in [-0.25, -0.2) is 0 Å². The number of ether oxygens (including phenoxy) is 1. The average Bonchev–Trinajstić information content (AvgIpc) is 2.56. The molecule has 1 aliphatic heterocycles. The van der Waals surface area contributed by atoms with Crippen LogP contribution in [0.4, 0.5) is 0 Å². The van der Waals surface area contributed by atoms with E-state index in [9.17, 15) is 14.4 Å². The Kier molecular flexibility index (Phi) is 6.45. The summed E-state index contributed by atoms with van der Waals surface area (Å²) in [6, 6.07) is 4.27. The summed E-state index contributed by atoms with van der Waals surface area (Å²) in [5, 5.41) is 0.714. The third-order valence-corrected chi connectivity index (χ3v) is 4.60. The number of hydrogen-bond donors (Lipinski definition) is 1. The molecule has 1 saturated heterocycles. The van der Waals surface area contributed by atoms with Crippen LogP contribution in [-0.2, 0) is 25.5 Å². The number of carbonyl (C=O) groups is 3. The number of piperidine rings is 1. The Balaban J connectivity index is 1.91. The van der Waals surface area contributed by atoms with Crippen LogP contribution >= 0.6 is 23.2 Å². The largest absolute Gasteiger partial charge is 0.455 e. The first kappa shape index (κ1) is 18.5. The quantitative estimate of drug-likeness (QED) is 0.799. The Labute approximate surface area is 149 Å². The molecule has 2 N–H and O–H groups in total. The topological polar surface area (TPSA) is 89.7 Å². The van der Waals surface area contributed by atoms with Crippen molar-refractivity contribution in [1.29, 1.82) is 0 Å². The summed E-state index contributed by atoms with van der Waals surface area (Å²) in [7, 11) is 0. The van der Waals surface area contributed by atoms with Crippen molar-refractivity contribution in [2.75, 3.05) is 13.2 Å². The van der Waals surface area contributed by atoms with Gasteiger partial charge in [0, 0.05) is 22.2 Å².